The summed E-state index contributed by atoms with van der Waals surface area (Å²) in [6.07, 6.45) is 3.75. The molecule has 0 heterocycles. The minimum atomic E-state index is 0.273. The van der Waals surface area contributed by atoms with E-state index >= 15 is 0 Å². The molecule has 2 atom stereocenters. The van der Waals surface area contributed by atoms with E-state index in [1.807, 2.05) is 6.07 Å². The lowest BCUT2D eigenvalue weighted by atomic mass is 10.1. The Morgan fingerprint density at radius 1 is 1.29 bits per heavy atom. The Hall–Kier alpha value is -0.280. The van der Waals surface area contributed by atoms with Gasteiger partial charge in [0.25, 0.3) is 0 Å². The van der Waals surface area contributed by atoms with Gasteiger partial charge >= 0.3 is 0 Å². The summed E-state index contributed by atoms with van der Waals surface area (Å²) < 4.78 is 5.91. The molecule has 0 aromatic heterocycles. The predicted octanol–water partition coefficient (Wildman–Crippen LogP) is 3.64. The highest BCUT2D eigenvalue weighted by atomic mass is 35.5. The van der Waals surface area contributed by atoms with E-state index in [-0.39, 0.29) is 6.10 Å². The molecule has 1 aliphatic rings. The van der Waals surface area contributed by atoms with E-state index in [4.69, 9.17) is 33.7 Å². The van der Waals surface area contributed by atoms with Gasteiger partial charge in [-0.1, -0.05) is 29.6 Å². The number of nitrogens with two attached hydrogens (primary N) is 1. The van der Waals surface area contributed by atoms with Crippen molar-refractivity contribution in [3.8, 4) is 0 Å². The average molecular weight is 274 g/mol. The van der Waals surface area contributed by atoms with Gasteiger partial charge in [-0.05, 0) is 49.1 Å². The maximum atomic E-state index is 6.09. The quantitative estimate of drug-likeness (QED) is 0.909. The van der Waals surface area contributed by atoms with Gasteiger partial charge in [0.2, 0.25) is 0 Å². The number of benzene rings is 1. The molecule has 94 valence electrons. The van der Waals surface area contributed by atoms with Gasteiger partial charge in [-0.25, -0.2) is 0 Å². The van der Waals surface area contributed by atoms with Gasteiger partial charge in [0.15, 0.2) is 0 Å². The van der Waals surface area contributed by atoms with Crippen LogP contribution >= 0.6 is 23.2 Å². The molecule has 1 aromatic carbocycles. The molecule has 0 spiro atoms. The SMILES string of the molecule is NCC1CCCC1OCc1cc(Cl)ccc1Cl. The monoisotopic (exact) mass is 273 g/mol. The molecule has 1 fully saturated rings. The lowest BCUT2D eigenvalue weighted by Gasteiger charge is -2.19. The molecule has 1 saturated carbocycles. The normalized spacial score (nSPS) is 24.2. The number of rotatable bonds is 4. The minimum Gasteiger partial charge on any atom is -0.373 e. The maximum absolute atomic E-state index is 6.09. The summed E-state index contributed by atoms with van der Waals surface area (Å²) in [6.45, 7) is 1.22. The van der Waals surface area contributed by atoms with Crippen molar-refractivity contribution in [1.29, 1.82) is 0 Å². The van der Waals surface area contributed by atoms with E-state index in [1.54, 1.807) is 12.1 Å². The zero-order valence-corrected chi connectivity index (χ0v) is 11.2. The largest absolute Gasteiger partial charge is 0.373 e. The molecule has 0 amide bonds. The van der Waals surface area contributed by atoms with Gasteiger partial charge in [-0.2, -0.15) is 0 Å². The van der Waals surface area contributed by atoms with Crippen LogP contribution in [-0.4, -0.2) is 12.6 Å². The van der Waals surface area contributed by atoms with Crippen LogP contribution in [0.5, 0.6) is 0 Å². The fourth-order valence-corrected chi connectivity index (χ4v) is 2.71. The van der Waals surface area contributed by atoms with Crippen LogP contribution in [0.25, 0.3) is 0 Å². The highest BCUT2D eigenvalue weighted by Gasteiger charge is 2.26. The Morgan fingerprint density at radius 2 is 2.12 bits per heavy atom. The summed E-state index contributed by atoms with van der Waals surface area (Å²) in [6, 6.07) is 5.44. The minimum absolute atomic E-state index is 0.273. The molecule has 2 rings (SSSR count). The third-order valence-electron chi connectivity index (χ3n) is 3.35. The molecule has 2 unspecified atom stereocenters. The first-order valence-electron chi connectivity index (χ1n) is 5.96. The second-order valence-corrected chi connectivity index (χ2v) is 5.36. The Kier molecular flexibility index (Phi) is 4.69. The fraction of sp³-hybridized carbons (Fsp3) is 0.538. The predicted molar refractivity (Wildman–Crippen MR) is 71.4 cm³/mol. The molecule has 0 saturated heterocycles. The third-order valence-corrected chi connectivity index (χ3v) is 3.96. The first-order chi connectivity index (χ1) is 8.20. The van der Waals surface area contributed by atoms with Crippen LogP contribution in [0.4, 0.5) is 0 Å². The van der Waals surface area contributed by atoms with E-state index in [9.17, 15) is 0 Å². The molecular weight excluding hydrogens is 257 g/mol. The van der Waals surface area contributed by atoms with E-state index < -0.39 is 0 Å². The van der Waals surface area contributed by atoms with E-state index in [1.165, 1.54) is 12.8 Å². The molecule has 2 nitrogen and oxygen atoms in total. The molecule has 4 heteroatoms. The van der Waals surface area contributed by atoms with Crippen molar-refractivity contribution in [3.63, 3.8) is 0 Å². The second kappa shape index (κ2) is 6.05. The zero-order valence-electron chi connectivity index (χ0n) is 9.66. The van der Waals surface area contributed by atoms with Crippen molar-refractivity contribution in [3.05, 3.63) is 33.8 Å². The summed E-state index contributed by atoms with van der Waals surface area (Å²) in [7, 11) is 0. The average Bonchev–Trinajstić information content (AvgIpc) is 2.77. The van der Waals surface area contributed by atoms with Gasteiger partial charge < -0.3 is 10.5 Å². The van der Waals surface area contributed by atoms with Crippen molar-refractivity contribution >= 4 is 23.2 Å². The molecule has 0 radical (unpaired) electrons. The summed E-state index contributed by atoms with van der Waals surface area (Å²) in [5, 5.41) is 1.39. The molecular formula is C13H17Cl2NO. The van der Waals surface area contributed by atoms with Gasteiger partial charge in [0.1, 0.15) is 0 Å². The lowest BCUT2D eigenvalue weighted by Crippen LogP contribution is -2.25. The summed E-state index contributed by atoms with van der Waals surface area (Å²) >= 11 is 12.0. The van der Waals surface area contributed by atoms with Crippen molar-refractivity contribution in [2.45, 2.75) is 32.0 Å². The van der Waals surface area contributed by atoms with Crippen LogP contribution in [0, 0.1) is 5.92 Å². The molecule has 0 aliphatic heterocycles. The third kappa shape index (κ3) is 3.35. The molecule has 2 N–H and O–H groups in total. The van der Waals surface area contributed by atoms with Crippen molar-refractivity contribution in [2.24, 2.45) is 11.7 Å². The van der Waals surface area contributed by atoms with Crippen LogP contribution in [0.3, 0.4) is 0 Å². The van der Waals surface area contributed by atoms with E-state index in [2.05, 4.69) is 0 Å². The zero-order chi connectivity index (χ0) is 12.3. The van der Waals surface area contributed by atoms with Crippen molar-refractivity contribution < 1.29 is 4.74 Å². The number of hydrogen-bond donors (Lipinski definition) is 1. The standard InChI is InChI=1S/C13H17Cl2NO/c14-11-4-5-12(15)10(6-11)8-17-13-3-1-2-9(13)7-16/h4-6,9,13H,1-3,7-8,16H2. The van der Waals surface area contributed by atoms with Crippen LogP contribution in [0.15, 0.2) is 18.2 Å². The first-order valence-corrected chi connectivity index (χ1v) is 6.72. The first kappa shape index (κ1) is 13.2. The lowest BCUT2D eigenvalue weighted by molar-refractivity contribution is 0.0183. The van der Waals surface area contributed by atoms with Crippen LogP contribution < -0.4 is 5.73 Å². The number of ether oxygens (including phenoxy) is 1. The van der Waals surface area contributed by atoms with E-state index in [0.717, 1.165) is 12.0 Å². The van der Waals surface area contributed by atoms with Crippen LogP contribution in [-0.2, 0) is 11.3 Å². The number of hydrogen-bond acceptors (Lipinski definition) is 2. The Labute approximate surface area is 112 Å². The van der Waals surface area contributed by atoms with Crippen LogP contribution in [0.2, 0.25) is 10.0 Å². The Balaban J connectivity index is 1.95. The summed E-state index contributed by atoms with van der Waals surface area (Å²) in [5.41, 5.74) is 6.67. The maximum Gasteiger partial charge on any atom is 0.0735 e. The van der Waals surface area contributed by atoms with Crippen LogP contribution in [0.1, 0.15) is 24.8 Å². The summed E-state index contributed by atoms with van der Waals surface area (Å²) in [4.78, 5) is 0. The highest BCUT2D eigenvalue weighted by Crippen LogP contribution is 2.29. The van der Waals surface area contributed by atoms with Gasteiger partial charge in [0, 0.05) is 10.0 Å². The Morgan fingerprint density at radius 3 is 2.88 bits per heavy atom. The topological polar surface area (TPSA) is 35.2 Å². The molecule has 17 heavy (non-hydrogen) atoms. The molecule has 0 bridgehead atoms. The van der Waals surface area contributed by atoms with E-state index in [0.29, 0.717) is 29.1 Å². The Bertz CT molecular complexity index is 384. The second-order valence-electron chi connectivity index (χ2n) is 4.51. The highest BCUT2D eigenvalue weighted by molar-refractivity contribution is 6.33. The summed E-state index contributed by atoms with van der Waals surface area (Å²) in [5.74, 6) is 0.493. The smallest absolute Gasteiger partial charge is 0.0735 e. The van der Waals surface area contributed by atoms with Crippen molar-refractivity contribution in [2.75, 3.05) is 6.54 Å². The van der Waals surface area contributed by atoms with Gasteiger partial charge in [-0.3, -0.25) is 0 Å². The van der Waals surface area contributed by atoms with Gasteiger partial charge in [-0.15, -0.1) is 0 Å². The number of halogens is 2. The van der Waals surface area contributed by atoms with Crippen molar-refractivity contribution in [1.82, 2.24) is 0 Å². The fourth-order valence-electron chi connectivity index (χ4n) is 2.34. The molecule has 1 aliphatic carbocycles. The van der Waals surface area contributed by atoms with Gasteiger partial charge in [0.05, 0.1) is 12.7 Å². The molecule has 1 aromatic rings.